The first-order valence-electron chi connectivity index (χ1n) is 30.4. The van der Waals surface area contributed by atoms with Gasteiger partial charge in [0.15, 0.2) is 0 Å². The molecule has 0 fully saturated rings. The molecule has 0 saturated carbocycles. The summed E-state index contributed by atoms with van der Waals surface area (Å²) in [5.41, 5.74) is 0. The van der Waals surface area contributed by atoms with Crippen LogP contribution in [0.25, 0.3) is 0 Å². The average Bonchev–Trinajstić information content (AvgIpc) is 3.34. The van der Waals surface area contributed by atoms with E-state index in [1.807, 2.05) is 0 Å². The van der Waals surface area contributed by atoms with Crippen molar-refractivity contribution in [3.63, 3.8) is 0 Å². The minimum atomic E-state index is -1.29. The monoisotopic (exact) mass is 958 g/mol. The summed E-state index contributed by atoms with van der Waals surface area (Å²) in [4.78, 5) is 12.6. The number of hydrogen-bond donors (Lipinski definition) is 5. The summed E-state index contributed by atoms with van der Waals surface area (Å²) in [5, 5.41) is 44.0. The van der Waals surface area contributed by atoms with Crippen molar-refractivity contribution in [3.8, 4) is 0 Å². The molecule has 0 radical (unpaired) electrons. The molecule has 0 aliphatic carbocycles. The van der Waals surface area contributed by atoms with E-state index in [0.717, 1.165) is 51.4 Å². The molecule has 6 heteroatoms. The number of aliphatic hydroxyl groups is 4. The molecule has 0 aromatic rings. The molecule has 0 spiro atoms. The van der Waals surface area contributed by atoms with E-state index in [4.69, 9.17) is 0 Å². The number of unbranched alkanes of at least 4 members (excludes halogenated alkanes) is 41. The minimum absolute atomic E-state index is 0.362. The van der Waals surface area contributed by atoms with Crippen LogP contribution in [0.5, 0.6) is 0 Å². The highest BCUT2D eigenvalue weighted by atomic mass is 16.3. The third-order valence-electron chi connectivity index (χ3n) is 14.3. The van der Waals surface area contributed by atoms with E-state index < -0.39 is 36.9 Å². The first-order chi connectivity index (χ1) is 33.5. The van der Waals surface area contributed by atoms with Gasteiger partial charge in [-0.3, -0.25) is 4.79 Å². The average molecular weight is 959 g/mol. The van der Waals surface area contributed by atoms with Crippen LogP contribution in [0.2, 0.25) is 0 Å². The van der Waals surface area contributed by atoms with Gasteiger partial charge in [-0.05, 0) is 64.2 Å². The fourth-order valence-corrected chi connectivity index (χ4v) is 9.56. The number of amides is 1. The number of nitrogens with one attached hydrogen (secondary N) is 1. The molecular weight excluding hydrogens is 839 g/mol. The van der Waals surface area contributed by atoms with Crippen LogP contribution in [0.3, 0.4) is 0 Å². The Morgan fingerprint density at radius 2 is 0.618 bits per heavy atom. The van der Waals surface area contributed by atoms with Crippen molar-refractivity contribution in [1.29, 1.82) is 0 Å². The van der Waals surface area contributed by atoms with Crippen LogP contribution in [-0.2, 0) is 4.79 Å². The Bertz CT molecular complexity index is 1080. The maximum atomic E-state index is 12.6. The highest BCUT2D eigenvalue weighted by Gasteiger charge is 2.28. The molecule has 6 nitrogen and oxygen atoms in total. The third-order valence-corrected chi connectivity index (χ3v) is 14.3. The van der Waals surface area contributed by atoms with Crippen molar-refractivity contribution in [2.24, 2.45) is 0 Å². The highest BCUT2D eigenvalue weighted by molar-refractivity contribution is 5.80. The lowest BCUT2D eigenvalue weighted by Gasteiger charge is -2.27. The first-order valence-corrected chi connectivity index (χ1v) is 30.4. The van der Waals surface area contributed by atoms with Crippen molar-refractivity contribution < 1.29 is 25.2 Å². The first kappa shape index (κ1) is 66.5. The van der Waals surface area contributed by atoms with Crippen LogP contribution in [0.15, 0.2) is 36.5 Å². The Balaban J connectivity index is 3.67. The molecule has 0 heterocycles. The summed E-state index contributed by atoms with van der Waals surface area (Å²) in [6.07, 6.45) is 70.9. The van der Waals surface area contributed by atoms with Gasteiger partial charge < -0.3 is 25.7 Å². The number of carbonyl (C=O) groups is 1. The van der Waals surface area contributed by atoms with Gasteiger partial charge in [-0.15, -0.1) is 0 Å². The fraction of sp³-hybridized carbons (Fsp3) is 0.887. The van der Waals surface area contributed by atoms with Crippen LogP contribution in [0.4, 0.5) is 0 Å². The second kappa shape index (κ2) is 56.4. The number of hydrogen-bond acceptors (Lipinski definition) is 5. The van der Waals surface area contributed by atoms with Crippen LogP contribution in [0.1, 0.15) is 322 Å². The molecule has 1 amide bonds. The number of carbonyl (C=O) groups excluding carboxylic acids is 1. The van der Waals surface area contributed by atoms with Gasteiger partial charge in [-0.25, -0.2) is 0 Å². The summed E-state index contributed by atoms with van der Waals surface area (Å²) in [7, 11) is 0. The van der Waals surface area contributed by atoms with Crippen molar-refractivity contribution in [2.45, 2.75) is 346 Å². The van der Waals surface area contributed by atoms with E-state index in [-0.39, 0.29) is 0 Å². The molecular formula is C62H119NO5. The van der Waals surface area contributed by atoms with E-state index in [9.17, 15) is 25.2 Å². The lowest BCUT2D eigenvalue weighted by atomic mass is 10.00. The predicted molar refractivity (Wildman–Crippen MR) is 297 cm³/mol. The van der Waals surface area contributed by atoms with E-state index >= 15 is 0 Å². The Morgan fingerprint density at radius 1 is 0.353 bits per heavy atom. The minimum Gasteiger partial charge on any atom is -0.394 e. The highest BCUT2D eigenvalue weighted by Crippen LogP contribution is 2.18. The Kier molecular flexibility index (Phi) is 55.2. The Labute approximate surface area is 424 Å². The largest absolute Gasteiger partial charge is 0.394 e. The smallest absolute Gasteiger partial charge is 0.249 e. The van der Waals surface area contributed by atoms with Crippen molar-refractivity contribution in [1.82, 2.24) is 5.32 Å². The molecule has 5 N–H and O–H groups in total. The van der Waals surface area contributed by atoms with Crippen LogP contribution >= 0.6 is 0 Å². The molecule has 402 valence electrons. The predicted octanol–water partition coefficient (Wildman–Crippen LogP) is 18.0. The summed E-state index contributed by atoms with van der Waals surface area (Å²) in [6, 6.07) is -1.01. The normalized spacial score (nSPS) is 13.9. The fourth-order valence-electron chi connectivity index (χ4n) is 9.56. The van der Waals surface area contributed by atoms with Gasteiger partial charge in [-0.1, -0.05) is 294 Å². The van der Waals surface area contributed by atoms with Gasteiger partial charge in [0.05, 0.1) is 18.8 Å². The van der Waals surface area contributed by atoms with Gasteiger partial charge in [-0.2, -0.15) is 0 Å². The molecule has 0 bridgehead atoms. The zero-order valence-electron chi connectivity index (χ0n) is 45.6. The van der Waals surface area contributed by atoms with E-state index in [2.05, 4.69) is 55.6 Å². The molecule has 0 saturated heterocycles. The second-order valence-electron chi connectivity index (χ2n) is 21.0. The SMILES string of the molecule is CCCCCCCCCCCCCCCCCCC/C=C/CC/C=C/CC/C=C/CCCC(O)C(O)C(CO)NC(=O)C(O)CCCCCCCCCCCCCCCCCCCCCCCC. The van der Waals surface area contributed by atoms with Crippen molar-refractivity contribution in [3.05, 3.63) is 36.5 Å². The van der Waals surface area contributed by atoms with Crippen LogP contribution in [0, 0.1) is 0 Å². The maximum absolute atomic E-state index is 12.6. The van der Waals surface area contributed by atoms with Crippen molar-refractivity contribution in [2.75, 3.05) is 6.61 Å². The van der Waals surface area contributed by atoms with Crippen molar-refractivity contribution >= 4 is 5.91 Å². The molecule has 4 unspecified atom stereocenters. The van der Waals surface area contributed by atoms with Gasteiger partial charge in [0.25, 0.3) is 0 Å². The summed E-state index contributed by atoms with van der Waals surface area (Å²) in [5.74, 6) is -0.594. The molecule has 68 heavy (non-hydrogen) atoms. The molecule has 4 atom stereocenters. The zero-order valence-corrected chi connectivity index (χ0v) is 45.6. The lowest BCUT2D eigenvalue weighted by molar-refractivity contribution is -0.132. The van der Waals surface area contributed by atoms with E-state index in [0.29, 0.717) is 19.3 Å². The Hall–Kier alpha value is -1.47. The molecule has 0 aliphatic heterocycles. The molecule has 0 rings (SSSR count). The van der Waals surface area contributed by atoms with Crippen LogP contribution in [-0.4, -0.2) is 57.3 Å². The number of rotatable bonds is 56. The summed E-state index contributed by atoms with van der Waals surface area (Å²) in [6.45, 7) is 4.08. The Morgan fingerprint density at radius 3 is 0.926 bits per heavy atom. The quantitative estimate of drug-likeness (QED) is 0.0308. The summed E-state index contributed by atoms with van der Waals surface area (Å²) < 4.78 is 0. The second-order valence-corrected chi connectivity index (χ2v) is 21.0. The van der Waals surface area contributed by atoms with Gasteiger partial charge in [0.1, 0.15) is 12.2 Å². The third kappa shape index (κ3) is 49.5. The van der Waals surface area contributed by atoms with E-state index in [1.54, 1.807) is 0 Å². The number of allylic oxidation sites excluding steroid dienone is 6. The van der Waals surface area contributed by atoms with Gasteiger partial charge in [0.2, 0.25) is 5.91 Å². The maximum Gasteiger partial charge on any atom is 0.249 e. The van der Waals surface area contributed by atoms with E-state index in [1.165, 1.54) is 238 Å². The lowest BCUT2D eigenvalue weighted by Crippen LogP contribution is -2.53. The number of aliphatic hydroxyl groups excluding tert-OH is 4. The summed E-state index contributed by atoms with van der Waals surface area (Å²) >= 11 is 0. The molecule has 0 aliphatic rings. The molecule has 0 aromatic carbocycles. The topological polar surface area (TPSA) is 110 Å². The standard InChI is InChI=1S/C62H119NO5/c1-3-5-7-9-11-13-15-17-19-21-23-25-27-28-29-30-31-32-33-34-36-37-39-41-43-45-47-49-51-53-55-59(65)61(67)58(57-64)63-62(68)60(66)56-54-52-50-48-46-44-42-40-38-35-26-24-22-20-18-16-14-12-10-8-6-4-2/h33-34,39,41,47,49,58-61,64-67H,3-32,35-38,40,42-46,48,50-57H2,1-2H3,(H,63,68)/b34-33+,41-39+,49-47+. The zero-order chi connectivity index (χ0) is 49.5. The van der Waals surface area contributed by atoms with Gasteiger partial charge >= 0.3 is 0 Å². The molecule has 0 aromatic heterocycles. The van der Waals surface area contributed by atoms with Gasteiger partial charge in [0, 0.05) is 0 Å². The van der Waals surface area contributed by atoms with Crippen LogP contribution < -0.4 is 5.32 Å².